The second-order valence-electron chi connectivity index (χ2n) is 9.05. The van der Waals surface area contributed by atoms with Gasteiger partial charge in [-0.25, -0.2) is 13.8 Å². The Morgan fingerprint density at radius 1 is 1.31 bits per heavy atom. The van der Waals surface area contributed by atoms with E-state index in [0.717, 1.165) is 29.0 Å². The summed E-state index contributed by atoms with van der Waals surface area (Å²) in [5, 5.41) is 13.3. The number of amides is 2. The Kier molecular flexibility index (Phi) is 9.23. The van der Waals surface area contributed by atoms with Gasteiger partial charge in [0.2, 0.25) is 5.91 Å². The van der Waals surface area contributed by atoms with Gasteiger partial charge in [0.25, 0.3) is 5.91 Å². The second-order valence-corrected chi connectivity index (χ2v) is 10.1. The number of carbonyl (C=O) groups excluding carboxylic acids is 2. The second kappa shape index (κ2) is 12.6. The summed E-state index contributed by atoms with van der Waals surface area (Å²) in [6.07, 6.45) is -0.675. The number of halogens is 2. The van der Waals surface area contributed by atoms with Crippen LogP contribution in [0.15, 0.2) is 30.3 Å². The molecule has 12 heteroatoms. The molecular weight excluding hydrogens is 530 g/mol. The molecule has 0 spiro atoms. The molecule has 1 saturated heterocycles. The summed E-state index contributed by atoms with van der Waals surface area (Å²) in [5.41, 5.74) is 6.96. The largest absolute Gasteiger partial charge is 0.388 e. The maximum absolute atomic E-state index is 14.9. The third-order valence-corrected chi connectivity index (χ3v) is 7.43. The van der Waals surface area contributed by atoms with Crippen LogP contribution < -0.4 is 11.1 Å². The van der Waals surface area contributed by atoms with E-state index in [1.54, 1.807) is 24.8 Å². The van der Waals surface area contributed by atoms with E-state index in [1.807, 2.05) is 6.07 Å². The van der Waals surface area contributed by atoms with Crippen molar-refractivity contribution in [3.05, 3.63) is 64.4 Å². The van der Waals surface area contributed by atoms with Gasteiger partial charge < -0.3 is 30.5 Å². The molecule has 208 valence electrons. The van der Waals surface area contributed by atoms with Gasteiger partial charge in [0.05, 0.1) is 37.1 Å². The summed E-state index contributed by atoms with van der Waals surface area (Å²) < 4.78 is 40.6. The first-order chi connectivity index (χ1) is 18.7. The lowest BCUT2D eigenvalue weighted by molar-refractivity contribution is -0.143. The molecule has 0 bridgehead atoms. The van der Waals surface area contributed by atoms with Crippen LogP contribution in [0.1, 0.15) is 46.6 Å². The molecule has 1 atom stereocenters. The van der Waals surface area contributed by atoms with Crippen molar-refractivity contribution in [3.63, 3.8) is 0 Å². The fourth-order valence-corrected chi connectivity index (χ4v) is 5.24. The van der Waals surface area contributed by atoms with Crippen molar-refractivity contribution in [2.45, 2.75) is 33.0 Å². The summed E-state index contributed by atoms with van der Waals surface area (Å²) in [4.78, 5) is 30.3. The van der Waals surface area contributed by atoms with Gasteiger partial charge in [0.1, 0.15) is 29.1 Å². The molecule has 4 N–H and O–H groups in total. The third-order valence-electron chi connectivity index (χ3n) is 6.36. The number of nitrogens with two attached hydrogens (primary N) is 1. The number of aromatic nitrogens is 1. The predicted molar refractivity (Wildman–Crippen MR) is 143 cm³/mol. The van der Waals surface area contributed by atoms with Crippen LogP contribution in [0.25, 0.3) is 10.4 Å². The molecule has 2 aromatic heterocycles. The summed E-state index contributed by atoms with van der Waals surface area (Å²) in [6.45, 7) is 5.83. The minimum atomic E-state index is -0.985. The van der Waals surface area contributed by atoms with Gasteiger partial charge in [-0.3, -0.25) is 9.59 Å². The number of rotatable bonds is 11. The van der Waals surface area contributed by atoms with E-state index in [4.69, 9.17) is 15.2 Å². The Hall–Kier alpha value is -3.45. The lowest BCUT2D eigenvalue weighted by Gasteiger charge is -2.26. The van der Waals surface area contributed by atoms with E-state index in [0.29, 0.717) is 55.8 Å². The van der Waals surface area contributed by atoms with Crippen LogP contribution in [0.3, 0.4) is 0 Å². The standard InChI is InChI=1S/C27H30F2N4O5S/c1-3-21(34)17-10-19(28)25(20(29)11-17)22-12-18(26(30)36)27(39-22)32-23-5-4-16(15(2)31-23)13-37-8-6-33-7-9-38-14-24(33)35/h4-5,10-12,21,34H,3,6-9,13-14H2,1-2H3,(H2,30,36)(H,31,32). The van der Waals surface area contributed by atoms with E-state index in [2.05, 4.69) is 10.3 Å². The van der Waals surface area contributed by atoms with Gasteiger partial charge >= 0.3 is 0 Å². The van der Waals surface area contributed by atoms with Crippen LogP contribution in [0.5, 0.6) is 0 Å². The number of pyridine rings is 1. The number of aryl methyl sites for hydroxylation is 1. The highest BCUT2D eigenvalue weighted by Gasteiger charge is 2.22. The van der Waals surface area contributed by atoms with Gasteiger partial charge in [-0.15, -0.1) is 11.3 Å². The lowest BCUT2D eigenvalue weighted by atomic mass is 10.0. The number of nitrogens with one attached hydrogen (secondary N) is 1. The first-order valence-corrected chi connectivity index (χ1v) is 13.3. The van der Waals surface area contributed by atoms with Crippen molar-refractivity contribution in [2.24, 2.45) is 5.73 Å². The van der Waals surface area contributed by atoms with Crippen LogP contribution in [-0.2, 0) is 20.9 Å². The molecule has 1 aromatic carbocycles. The highest BCUT2D eigenvalue weighted by atomic mass is 32.1. The number of hydrogen-bond acceptors (Lipinski definition) is 8. The van der Waals surface area contributed by atoms with E-state index in [-0.39, 0.29) is 34.1 Å². The fourth-order valence-electron chi connectivity index (χ4n) is 4.12. The van der Waals surface area contributed by atoms with Gasteiger partial charge in [-0.05, 0) is 48.7 Å². The zero-order chi connectivity index (χ0) is 28.1. The molecule has 4 rings (SSSR count). The zero-order valence-corrected chi connectivity index (χ0v) is 22.4. The number of nitrogens with zero attached hydrogens (tertiary/aromatic N) is 2. The number of aliphatic hydroxyl groups excluding tert-OH is 1. The number of ether oxygens (including phenoxy) is 2. The highest BCUT2D eigenvalue weighted by molar-refractivity contribution is 7.20. The Bertz CT molecular complexity index is 1340. The van der Waals surface area contributed by atoms with Crippen molar-refractivity contribution in [2.75, 3.05) is 38.2 Å². The molecule has 39 heavy (non-hydrogen) atoms. The van der Waals surface area contributed by atoms with Gasteiger partial charge in [-0.1, -0.05) is 13.0 Å². The van der Waals surface area contributed by atoms with Gasteiger partial charge in [0, 0.05) is 23.7 Å². The monoisotopic (exact) mass is 560 g/mol. The number of primary amides is 1. The molecule has 3 aromatic rings. The molecule has 0 radical (unpaired) electrons. The SMILES string of the molecule is CCC(O)c1cc(F)c(-c2cc(C(N)=O)c(Nc3ccc(COCCN4CCOCC4=O)c(C)n3)s2)c(F)c1. The summed E-state index contributed by atoms with van der Waals surface area (Å²) in [7, 11) is 0. The average Bonchev–Trinajstić information content (AvgIpc) is 3.31. The Morgan fingerprint density at radius 3 is 2.69 bits per heavy atom. The minimum Gasteiger partial charge on any atom is -0.388 e. The first kappa shape index (κ1) is 28.6. The van der Waals surface area contributed by atoms with Crippen LogP contribution in [0.4, 0.5) is 19.6 Å². The van der Waals surface area contributed by atoms with E-state index in [9.17, 15) is 23.5 Å². The Morgan fingerprint density at radius 2 is 2.05 bits per heavy atom. The number of aliphatic hydroxyl groups is 1. The van der Waals surface area contributed by atoms with Gasteiger partial charge in [0.15, 0.2) is 0 Å². The number of anilines is 2. The van der Waals surface area contributed by atoms with Gasteiger partial charge in [-0.2, -0.15) is 0 Å². The number of morpholine rings is 1. The van der Waals surface area contributed by atoms with E-state index >= 15 is 0 Å². The van der Waals surface area contributed by atoms with E-state index in [1.165, 1.54) is 6.07 Å². The van der Waals surface area contributed by atoms with E-state index < -0.39 is 23.6 Å². The van der Waals surface area contributed by atoms with Crippen molar-refractivity contribution in [1.82, 2.24) is 9.88 Å². The highest BCUT2D eigenvalue weighted by Crippen LogP contribution is 2.40. The topological polar surface area (TPSA) is 127 Å². The van der Waals surface area contributed by atoms with Crippen molar-refractivity contribution < 1.29 is 33.0 Å². The fraction of sp³-hybridized carbons (Fsp3) is 0.370. The quantitative estimate of drug-likeness (QED) is 0.302. The maximum atomic E-state index is 14.9. The van der Waals surface area contributed by atoms with Crippen molar-refractivity contribution >= 4 is 34.0 Å². The maximum Gasteiger partial charge on any atom is 0.251 e. The minimum absolute atomic E-state index is 0.0528. The molecule has 3 heterocycles. The molecule has 0 aliphatic carbocycles. The molecule has 1 fully saturated rings. The lowest BCUT2D eigenvalue weighted by Crippen LogP contribution is -2.43. The number of carbonyl (C=O) groups is 2. The first-order valence-electron chi connectivity index (χ1n) is 12.5. The Balaban J connectivity index is 1.46. The number of thiophene rings is 1. The predicted octanol–water partition coefficient (Wildman–Crippen LogP) is 4.06. The van der Waals surface area contributed by atoms with Crippen molar-refractivity contribution in [1.29, 1.82) is 0 Å². The van der Waals surface area contributed by atoms with Crippen LogP contribution in [-0.4, -0.2) is 59.7 Å². The van der Waals surface area contributed by atoms with Crippen LogP contribution in [0.2, 0.25) is 0 Å². The summed E-state index contributed by atoms with van der Waals surface area (Å²) in [5.74, 6) is -2.11. The normalized spacial score (nSPS) is 14.5. The summed E-state index contributed by atoms with van der Waals surface area (Å²) in [6, 6.07) is 7.03. The molecule has 1 aliphatic heterocycles. The smallest absolute Gasteiger partial charge is 0.251 e. The van der Waals surface area contributed by atoms with Crippen LogP contribution >= 0.6 is 11.3 Å². The zero-order valence-electron chi connectivity index (χ0n) is 21.6. The molecule has 1 aliphatic rings. The number of benzene rings is 1. The number of hydrogen-bond donors (Lipinski definition) is 3. The molecule has 2 amide bonds. The molecule has 1 unspecified atom stereocenters. The average molecular weight is 561 g/mol. The van der Waals surface area contributed by atoms with Crippen molar-refractivity contribution in [3.8, 4) is 10.4 Å². The summed E-state index contributed by atoms with van der Waals surface area (Å²) >= 11 is 0.964. The molecular formula is C27H30F2N4O5S. The molecule has 9 nitrogen and oxygen atoms in total. The Labute approximate surface area is 228 Å². The molecule has 0 saturated carbocycles. The third kappa shape index (κ3) is 6.77. The van der Waals surface area contributed by atoms with Crippen LogP contribution in [0, 0.1) is 18.6 Å².